The summed E-state index contributed by atoms with van der Waals surface area (Å²) in [6.07, 6.45) is 1.39. The fourth-order valence-corrected chi connectivity index (χ4v) is 0.682. The zero-order valence-electron chi connectivity index (χ0n) is 5.71. The molecule has 1 nitrogen and oxygen atoms in total. The third-order valence-electron chi connectivity index (χ3n) is 1.02. The molecule has 0 aliphatic rings. The van der Waals surface area contributed by atoms with Crippen molar-refractivity contribution in [3.8, 4) is 11.8 Å². The molecule has 0 N–H and O–H groups in total. The minimum absolute atomic E-state index is 0.316. The summed E-state index contributed by atoms with van der Waals surface area (Å²) in [6.45, 7) is 0. The van der Waals surface area contributed by atoms with E-state index in [-0.39, 0.29) is 5.82 Å². The minimum atomic E-state index is -0.316. The van der Waals surface area contributed by atoms with Crippen molar-refractivity contribution in [2.75, 3.05) is 5.75 Å². The van der Waals surface area contributed by atoms with E-state index in [1.165, 1.54) is 18.3 Å². The summed E-state index contributed by atoms with van der Waals surface area (Å²) in [5.74, 6) is 5.47. The van der Waals surface area contributed by atoms with Crippen molar-refractivity contribution in [1.82, 2.24) is 4.98 Å². The highest BCUT2D eigenvalue weighted by molar-refractivity contribution is 7.80. The summed E-state index contributed by atoms with van der Waals surface area (Å²) in [5, 5.41) is 0. The first-order chi connectivity index (χ1) is 5.33. The van der Waals surface area contributed by atoms with Gasteiger partial charge in [-0.3, -0.25) is 0 Å². The van der Waals surface area contributed by atoms with Gasteiger partial charge in [0.1, 0.15) is 11.5 Å². The van der Waals surface area contributed by atoms with Gasteiger partial charge in [0.15, 0.2) is 0 Å². The van der Waals surface area contributed by atoms with E-state index in [1.807, 2.05) is 0 Å². The van der Waals surface area contributed by atoms with E-state index in [4.69, 9.17) is 0 Å². The number of nitrogens with zero attached hydrogens (tertiary/aromatic N) is 1. The molecule has 3 heteroatoms. The van der Waals surface area contributed by atoms with Gasteiger partial charge >= 0.3 is 0 Å². The summed E-state index contributed by atoms with van der Waals surface area (Å²) in [6, 6.07) is 2.57. The van der Waals surface area contributed by atoms with E-state index in [2.05, 4.69) is 29.5 Å². The van der Waals surface area contributed by atoms with Gasteiger partial charge in [-0.25, -0.2) is 9.37 Å². The average molecular weight is 167 g/mol. The van der Waals surface area contributed by atoms with Gasteiger partial charge in [-0.05, 0) is 12.0 Å². The van der Waals surface area contributed by atoms with Gasteiger partial charge in [0.05, 0.1) is 5.75 Å². The molecule has 0 unspecified atom stereocenters. The summed E-state index contributed by atoms with van der Waals surface area (Å²) >= 11 is 3.88. The summed E-state index contributed by atoms with van der Waals surface area (Å²) in [5.41, 5.74) is 0.444. The predicted octanol–water partition coefficient (Wildman–Crippen LogP) is 1.50. The second kappa shape index (κ2) is 3.99. The molecule has 0 aliphatic heterocycles. The van der Waals surface area contributed by atoms with Gasteiger partial charge in [-0.2, -0.15) is 12.6 Å². The molecule has 0 aliphatic carbocycles. The van der Waals surface area contributed by atoms with Gasteiger partial charge in [0, 0.05) is 12.3 Å². The van der Waals surface area contributed by atoms with Crippen molar-refractivity contribution in [3.05, 3.63) is 29.8 Å². The summed E-state index contributed by atoms with van der Waals surface area (Å²) in [4.78, 5) is 3.83. The van der Waals surface area contributed by atoms with Crippen LogP contribution in [0.2, 0.25) is 0 Å². The first kappa shape index (κ1) is 8.09. The smallest absolute Gasteiger partial charge is 0.127 e. The Hall–Kier alpha value is -1.01. The highest BCUT2D eigenvalue weighted by Crippen LogP contribution is 1.96. The molecule has 11 heavy (non-hydrogen) atoms. The van der Waals surface area contributed by atoms with E-state index in [0.717, 1.165) is 0 Å². The van der Waals surface area contributed by atoms with Crippen LogP contribution in [0.25, 0.3) is 0 Å². The van der Waals surface area contributed by atoms with Gasteiger partial charge in [-0.1, -0.05) is 5.92 Å². The van der Waals surface area contributed by atoms with Gasteiger partial charge in [0.25, 0.3) is 0 Å². The number of rotatable bonds is 0. The molecule has 0 saturated carbocycles. The molecular weight excluding hydrogens is 161 g/mol. The largest absolute Gasteiger partial charge is 0.248 e. The molecule has 0 radical (unpaired) electrons. The Morgan fingerprint density at radius 3 is 3.09 bits per heavy atom. The fourth-order valence-electron chi connectivity index (χ4n) is 0.603. The second-order valence-corrected chi connectivity index (χ2v) is 2.14. The Labute approximate surface area is 70.1 Å². The maximum Gasteiger partial charge on any atom is 0.127 e. The number of pyridine rings is 1. The Balaban J connectivity index is 2.87. The molecule has 1 rings (SSSR count). The van der Waals surface area contributed by atoms with Gasteiger partial charge < -0.3 is 0 Å². The van der Waals surface area contributed by atoms with E-state index < -0.39 is 0 Å². The van der Waals surface area contributed by atoms with E-state index in [9.17, 15) is 4.39 Å². The lowest BCUT2D eigenvalue weighted by Gasteiger charge is -1.87. The number of thiol groups is 1. The third-order valence-corrected chi connectivity index (χ3v) is 1.18. The summed E-state index contributed by atoms with van der Waals surface area (Å²) in [7, 11) is 0. The molecule has 56 valence electrons. The van der Waals surface area contributed by atoms with E-state index >= 15 is 0 Å². The van der Waals surface area contributed by atoms with Crippen LogP contribution >= 0.6 is 12.6 Å². The van der Waals surface area contributed by atoms with Crippen molar-refractivity contribution in [2.45, 2.75) is 0 Å². The van der Waals surface area contributed by atoms with E-state index in [0.29, 0.717) is 11.4 Å². The highest BCUT2D eigenvalue weighted by Gasteiger charge is 1.89. The number of aromatic nitrogens is 1. The molecule has 1 aromatic heterocycles. The molecular formula is C8H6FNS. The first-order valence-electron chi connectivity index (χ1n) is 3.04. The lowest BCUT2D eigenvalue weighted by Crippen LogP contribution is -1.82. The lowest BCUT2D eigenvalue weighted by atomic mass is 10.3. The maximum absolute atomic E-state index is 12.5. The summed E-state index contributed by atoms with van der Waals surface area (Å²) < 4.78 is 12.5. The Bertz CT molecular complexity index is 300. The normalized spacial score (nSPS) is 8.55. The lowest BCUT2D eigenvalue weighted by molar-refractivity contribution is 0.625. The molecule has 0 spiro atoms. The number of hydrogen-bond acceptors (Lipinski definition) is 2. The van der Waals surface area contributed by atoms with Crippen LogP contribution in [0, 0.1) is 17.7 Å². The Morgan fingerprint density at radius 1 is 1.64 bits per heavy atom. The van der Waals surface area contributed by atoms with Crippen molar-refractivity contribution in [1.29, 1.82) is 0 Å². The standard InChI is InChI=1S/C8H6FNS/c9-7-3-4-10-8(6-7)2-1-5-11/h3-4,6,11H,5H2. The zero-order valence-corrected chi connectivity index (χ0v) is 6.61. The molecule has 0 atom stereocenters. The van der Waals surface area contributed by atoms with Gasteiger partial charge in [0.2, 0.25) is 0 Å². The molecule has 0 saturated heterocycles. The van der Waals surface area contributed by atoms with Gasteiger partial charge in [-0.15, -0.1) is 0 Å². The van der Waals surface area contributed by atoms with Crippen LogP contribution in [-0.4, -0.2) is 10.7 Å². The third kappa shape index (κ3) is 2.60. The van der Waals surface area contributed by atoms with Crippen molar-refractivity contribution in [2.24, 2.45) is 0 Å². The molecule has 0 bridgehead atoms. The monoisotopic (exact) mass is 167 g/mol. The SMILES string of the molecule is Fc1ccnc(C#CCS)c1. The van der Waals surface area contributed by atoms with Crippen LogP contribution in [0.4, 0.5) is 4.39 Å². The molecule has 1 heterocycles. The maximum atomic E-state index is 12.5. The molecule has 0 aromatic carbocycles. The zero-order chi connectivity index (χ0) is 8.10. The second-order valence-electron chi connectivity index (χ2n) is 1.82. The minimum Gasteiger partial charge on any atom is -0.248 e. The van der Waals surface area contributed by atoms with Crippen molar-refractivity contribution < 1.29 is 4.39 Å². The van der Waals surface area contributed by atoms with Crippen LogP contribution < -0.4 is 0 Å². The quantitative estimate of drug-likeness (QED) is 0.456. The van der Waals surface area contributed by atoms with Crippen LogP contribution in [0.1, 0.15) is 5.69 Å². The topological polar surface area (TPSA) is 12.9 Å². The number of hydrogen-bond donors (Lipinski definition) is 1. The Morgan fingerprint density at radius 2 is 2.45 bits per heavy atom. The van der Waals surface area contributed by atoms with E-state index in [1.54, 1.807) is 0 Å². The first-order valence-corrected chi connectivity index (χ1v) is 3.67. The number of halogens is 1. The van der Waals surface area contributed by atoms with Crippen molar-refractivity contribution in [3.63, 3.8) is 0 Å². The molecule has 0 amide bonds. The fraction of sp³-hybridized carbons (Fsp3) is 0.125. The Kier molecular flexibility index (Phi) is 2.94. The molecule has 1 aromatic rings. The average Bonchev–Trinajstić information content (AvgIpc) is 2.01. The van der Waals surface area contributed by atoms with Crippen LogP contribution in [0.3, 0.4) is 0 Å². The van der Waals surface area contributed by atoms with Crippen LogP contribution in [0.15, 0.2) is 18.3 Å². The molecule has 0 fully saturated rings. The highest BCUT2D eigenvalue weighted by atomic mass is 32.1. The van der Waals surface area contributed by atoms with Crippen molar-refractivity contribution >= 4 is 12.6 Å². The van der Waals surface area contributed by atoms with Crippen LogP contribution in [0.5, 0.6) is 0 Å². The predicted molar refractivity (Wildman–Crippen MR) is 44.9 cm³/mol. The van der Waals surface area contributed by atoms with Crippen LogP contribution in [-0.2, 0) is 0 Å².